The Morgan fingerprint density at radius 2 is 1.94 bits per heavy atom. The minimum absolute atomic E-state index is 0.0802. The second kappa shape index (κ2) is 7.91. The van der Waals surface area contributed by atoms with Gasteiger partial charge < -0.3 is 9.84 Å². The fourth-order valence-electron chi connectivity index (χ4n) is 1.50. The summed E-state index contributed by atoms with van der Waals surface area (Å²) in [5.74, 6) is -2.35. The van der Waals surface area contributed by atoms with Gasteiger partial charge in [0, 0.05) is 5.57 Å². The highest BCUT2D eigenvalue weighted by Crippen LogP contribution is 2.19. The third kappa shape index (κ3) is 4.96. The molecule has 0 bridgehead atoms. The summed E-state index contributed by atoms with van der Waals surface area (Å²) in [5, 5.41) is 8.79. The van der Waals surface area contributed by atoms with Crippen molar-refractivity contribution < 1.29 is 19.4 Å². The number of carboxylic acids is 1. The molecule has 0 radical (unpaired) electrons. The van der Waals surface area contributed by atoms with Crippen molar-refractivity contribution in [2.24, 2.45) is 5.92 Å². The molecule has 92 valence electrons. The molecule has 0 aliphatic rings. The normalized spacial score (nSPS) is 11.9. The molecule has 0 aromatic heterocycles. The van der Waals surface area contributed by atoms with Crippen LogP contribution in [0.3, 0.4) is 0 Å². The number of hydrogen-bond donors (Lipinski definition) is 1. The van der Waals surface area contributed by atoms with Crippen molar-refractivity contribution in [2.45, 2.75) is 39.0 Å². The van der Waals surface area contributed by atoms with Gasteiger partial charge >= 0.3 is 11.9 Å². The monoisotopic (exact) mass is 228 g/mol. The largest absolute Gasteiger partial charge is 0.478 e. The van der Waals surface area contributed by atoms with E-state index in [4.69, 9.17) is 5.11 Å². The lowest BCUT2D eigenvalue weighted by Gasteiger charge is -2.14. The van der Waals surface area contributed by atoms with Crippen LogP contribution in [0.15, 0.2) is 12.2 Å². The van der Waals surface area contributed by atoms with E-state index < -0.39 is 17.9 Å². The van der Waals surface area contributed by atoms with Gasteiger partial charge in [-0.05, 0) is 6.42 Å². The van der Waals surface area contributed by atoms with Gasteiger partial charge in [-0.3, -0.25) is 4.79 Å². The number of carboxylic acid groups (broad SMARTS) is 1. The molecule has 4 nitrogen and oxygen atoms in total. The summed E-state index contributed by atoms with van der Waals surface area (Å²) in [6.45, 7) is 5.51. The lowest BCUT2D eigenvalue weighted by Crippen LogP contribution is -2.22. The lowest BCUT2D eigenvalue weighted by molar-refractivity contribution is -0.146. The van der Waals surface area contributed by atoms with E-state index in [1.54, 1.807) is 0 Å². The minimum Gasteiger partial charge on any atom is -0.478 e. The predicted octanol–water partition coefficient (Wildman–Crippen LogP) is 2.39. The molecule has 0 unspecified atom stereocenters. The summed E-state index contributed by atoms with van der Waals surface area (Å²) < 4.78 is 4.58. The third-order valence-electron chi connectivity index (χ3n) is 2.53. The van der Waals surface area contributed by atoms with E-state index in [1.807, 2.05) is 0 Å². The SMILES string of the molecule is C=C(C(=O)O)[C@@H](CCCCCC)C(=O)OC. The third-order valence-corrected chi connectivity index (χ3v) is 2.53. The fraction of sp³-hybridized carbons (Fsp3) is 0.667. The Morgan fingerprint density at radius 1 is 1.31 bits per heavy atom. The number of carbonyl (C=O) groups is 2. The van der Waals surface area contributed by atoms with Crippen LogP contribution in [0.1, 0.15) is 39.0 Å². The molecule has 0 rings (SSSR count). The minimum atomic E-state index is -1.13. The Kier molecular flexibility index (Phi) is 7.25. The molecule has 0 spiro atoms. The maximum absolute atomic E-state index is 11.4. The highest BCUT2D eigenvalue weighted by molar-refractivity contribution is 5.93. The molecule has 16 heavy (non-hydrogen) atoms. The second-order valence-electron chi connectivity index (χ2n) is 3.76. The van der Waals surface area contributed by atoms with Gasteiger partial charge in [0.15, 0.2) is 0 Å². The lowest BCUT2D eigenvalue weighted by atomic mass is 9.94. The van der Waals surface area contributed by atoms with Crippen LogP contribution in [-0.4, -0.2) is 24.2 Å². The summed E-state index contributed by atoms with van der Waals surface area (Å²) in [4.78, 5) is 22.1. The molecule has 0 aliphatic heterocycles. The highest BCUT2D eigenvalue weighted by Gasteiger charge is 2.26. The van der Waals surface area contributed by atoms with E-state index in [0.717, 1.165) is 25.7 Å². The van der Waals surface area contributed by atoms with Crippen molar-refractivity contribution in [1.82, 2.24) is 0 Å². The molecule has 0 saturated heterocycles. The van der Waals surface area contributed by atoms with E-state index in [9.17, 15) is 9.59 Å². The van der Waals surface area contributed by atoms with Gasteiger partial charge in [0.05, 0.1) is 13.0 Å². The van der Waals surface area contributed by atoms with Gasteiger partial charge in [0.1, 0.15) is 0 Å². The van der Waals surface area contributed by atoms with Crippen LogP contribution in [0, 0.1) is 5.92 Å². The summed E-state index contributed by atoms with van der Waals surface area (Å²) >= 11 is 0. The number of methoxy groups -OCH3 is 1. The molecular weight excluding hydrogens is 208 g/mol. The Balaban J connectivity index is 4.27. The van der Waals surface area contributed by atoms with Gasteiger partial charge in [0.2, 0.25) is 0 Å². The summed E-state index contributed by atoms with van der Waals surface area (Å²) in [6.07, 6.45) is 4.50. The smallest absolute Gasteiger partial charge is 0.331 e. The molecule has 0 aliphatic carbocycles. The van der Waals surface area contributed by atoms with Gasteiger partial charge in [-0.15, -0.1) is 0 Å². The summed E-state index contributed by atoms with van der Waals surface area (Å²) in [6, 6.07) is 0. The fourth-order valence-corrected chi connectivity index (χ4v) is 1.50. The Bertz CT molecular complexity index is 258. The first-order valence-corrected chi connectivity index (χ1v) is 5.54. The number of aliphatic carboxylic acids is 1. The Morgan fingerprint density at radius 3 is 2.38 bits per heavy atom. The van der Waals surface area contributed by atoms with E-state index in [1.165, 1.54) is 7.11 Å². The van der Waals surface area contributed by atoms with Crippen LogP contribution < -0.4 is 0 Å². The Labute approximate surface area is 96.3 Å². The van der Waals surface area contributed by atoms with E-state index in [2.05, 4.69) is 18.2 Å². The number of esters is 1. The maximum Gasteiger partial charge on any atom is 0.331 e. The van der Waals surface area contributed by atoms with Gasteiger partial charge in [0.25, 0.3) is 0 Å². The number of ether oxygens (including phenoxy) is 1. The van der Waals surface area contributed by atoms with Crippen LogP contribution >= 0.6 is 0 Å². The zero-order valence-corrected chi connectivity index (χ0v) is 9.99. The van der Waals surface area contributed by atoms with Crippen molar-refractivity contribution in [2.75, 3.05) is 7.11 Å². The molecule has 0 amide bonds. The molecule has 0 aromatic carbocycles. The zero-order chi connectivity index (χ0) is 12.6. The van der Waals surface area contributed by atoms with Crippen molar-refractivity contribution in [3.05, 3.63) is 12.2 Å². The van der Waals surface area contributed by atoms with Gasteiger partial charge in [-0.1, -0.05) is 39.2 Å². The Hall–Kier alpha value is -1.32. The highest BCUT2D eigenvalue weighted by atomic mass is 16.5. The summed E-state index contributed by atoms with van der Waals surface area (Å²) in [7, 11) is 1.26. The van der Waals surface area contributed by atoms with Crippen LogP contribution in [0.2, 0.25) is 0 Å². The molecule has 0 fully saturated rings. The average Bonchev–Trinajstić information content (AvgIpc) is 2.27. The van der Waals surface area contributed by atoms with Crippen molar-refractivity contribution in [3.8, 4) is 0 Å². The predicted molar refractivity (Wildman–Crippen MR) is 61.0 cm³/mol. The van der Waals surface area contributed by atoms with E-state index in [-0.39, 0.29) is 5.57 Å². The molecule has 4 heteroatoms. The van der Waals surface area contributed by atoms with Crippen LogP contribution in [-0.2, 0) is 14.3 Å². The summed E-state index contributed by atoms with van der Waals surface area (Å²) in [5.41, 5.74) is -0.0802. The van der Waals surface area contributed by atoms with Crippen molar-refractivity contribution in [1.29, 1.82) is 0 Å². The van der Waals surface area contributed by atoms with Gasteiger partial charge in [-0.2, -0.15) is 0 Å². The average molecular weight is 228 g/mol. The topological polar surface area (TPSA) is 63.6 Å². The zero-order valence-electron chi connectivity index (χ0n) is 9.99. The molecule has 1 atom stereocenters. The van der Waals surface area contributed by atoms with E-state index >= 15 is 0 Å². The standard InChI is InChI=1S/C12H20O4/c1-4-5-6-7-8-10(12(15)16-3)9(2)11(13)14/h10H,2,4-8H2,1,3H3,(H,13,14)/t10-/m1/s1. The second-order valence-corrected chi connectivity index (χ2v) is 3.76. The number of carbonyl (C=O) groups excluding carboxylic acids is 1. The van der Waals surface area contributed by atoms with Crippen molar-refractivity contribution >= 4 is 11.9 Å². The van der Waals surface area contributed by atoms with Crippen molar-refractivity contribution in [3.63, 3.8) is 0 Å². The number of hydrogen-bond acceptors (Lipinski definition) is 3. The van der Waals surface area contributed by atoms with Crippen LogP contribution in [0.4, 0.5) is 0 Å². The molecule has 0 heterocycles. The molecular formula is C12H20O4. The van der Waals surface area contributed by atoms with Crippen LogP contribution in [0.25, 0.3) is 0 Å². The van der Waals surface area contributed by atoms with Crippen LogP contribution in [0.5, 0.6) is 0 Å². The first-order chi connectivity index (χ1) is 7.54. The van der Waals surface area contributed by atoms with Gasteiger partial charge in [-0.25, -0.2) is 4.79 Å². The molecule has 0 saturated carbocycles. The molecule has 0 aromatic rings. The molecule has 1 N–H and O–H groups in total. The van der Waals surface area contributed by atoms with E-state index in [0.29, 0.717) is 6.42 Å². The first kappa shape index (κ1) is 14.7. The maximum atomic E-state index is 11.4. The number of unbranched alkanes of at least 4 members (excludes halogenated alkanes) is 3. The quantitative estimate of drug-likeness (QED) is 0.393. The number of rotatable bonds is 8. The first-order valence-electron chi connectivity index (χ1n) is 5.54.